The quantitative estimate of drug-likeness (QED) is 0.398. The molecule has 0 fully saturated rings. The van der Waals surface area contributed by atoms with Crippen LogP contribution in [-0.4, -0.2) is 37.0 Å². The second kappa shape index (κ2) is 8.05. The fraction of sp³-hybridized carbons (Fsp3) is 0.667. The lowest BCUT2D eigenvalue weighted by Crippen LogP contribution is -2.10. The maximum absolute atomic E-state index is 10.6. The predicted octanol–water partition coefficient (Wildman–Crippen LogP) is 1.03. The maximum atomic E-state index is 10.6. The number of rotatable bonds is 6. The topological polar surface area (TPSA) is 78.9 Å². The number of carbonyl (C=O) groups is 3. The first-order chi connectivity index (χ1) is 7.41. The van der Waals surface area contributed by atoms with Crippen LogP contribution in [0.25, 0.3) is 0 Å². The third-order valence-corrected chi connectivity index (χ3v) is 2.83. The van der Waals surface area contributed by atoms with Crippen molar-refractivity contribution in [1.82, 2.24) is 0 Å². The number of ether oxygens (including phenoxy) is 3. The molecule has 0 spiro atoms. The summed E-state index contributed by atoms with van der Waals surface area (Å²) in [5.74, 6) is -1.26. The zero-order valence-electron chi connectivity index (χ0n) is 9.52. The molecule has 7 heteroatoms. The van der Waals surface area contributed by atoms with E-state index in [-0.39, 0.29) is 19.0 Å². The number of carbonyl (C=O) groups excluding carboxylic acids is 3. The minimum absolute atomic E-state index is 0.116. The van der Waals surface area contributed by atoms with Crippen molar-refractivity contribution < 1.29 is 28.6 Å². The lowest BCUT2D eigenvalue weighted by atomic mass is 10.8. The summed E-state index contributed by atoms with van der Waals surface area (Å²) >= 11 is 0. The Morgan fingerprint density at radius 3 is 1.19 bits per heavy atom. The van der Waals surface area contributed by atoms with Gasteiger partial charge in [-0.05, 0) is 0 Å². The van der Waals surface area contributed by atoms with E-state index in [1.807, 2.05) is 0 Å². The van der Waals surface area contributed by atoms with Gasteiger partial charge in [0.15, 0.2) is 0 Å². The van der Waals surface area contributed by atoms with Gasteiger partial charge in [0.2, 0.25) is 0 Å². The molecule has 0 N–H and O–H groups in total. The average molecular weight is 250 g/mol. The normalized spacial score (nSPS) is 9.75. The standard InChI is InChI=1S/C9H15O6P/c1-7(10)13-4-16(5-14-8(2)11)6-15-9(3)12/h4-6H2,1-3H3. The molecule has 0 aliphatic rings. The summed E-state index contributed by atoms with van der Waals surface area (Å²) in [4.78, 5) is 31.8. The molecule has 0 saturated carbocycles. The van der Waals surface area contributed by atoms with Crippen molar-refractivity contribution >= 4 is 25.8 Å². The van der Waals surface area contributed by atoms with Crippen LogP contribution in [0.5, 0.6) is 0 Å². The molecule has 0 saturated heterocycles. The average Bonchev–Trinajstić information content (AvgIpc) is 2.15. The smallest absolute Gasteiger partial charge is 0.302 e. The van der Waals surface area contributed by atoms with E-state index in [0.717, 1.165) is 0 Å². The molecule has 0 aliphatic heterocycles. The molecule has 0 rings (SSSR count). The fourth-order valence-electron chi connectivity index (χ4n) is 0.658. The largest absolute Gasteiger partial charge is 0.461 e. The Hall–Kier alpha value is -1.16. The molecular weight excluding hydrogens is 235 g/mol. The molecule has 92 valence electrons. The molecule has 0 aromatic rings. The summed E-state index contributed by atoms with van der Waals surface area (Å²) in [6.07, 6.45) is 0.349. The van der Waals surface area contributed by atoms with Gasteiger partial charge in [-0.25, -0.2) is 0 Å². The van der Waals surface area contributed by atoms with Crippen LogP contribution < -0.4 is 0 Å². The first kappa shape index (κ1) is 14.8. The highest BCUT2D eigenvalue weighted by atomic mass is 31.1. The van der Waals surface area contributed by atoms with Crippen molar-refractivity contribution in [2.45, 2.75) is 20.8 Å². The molecule has 0 atom stereocenters. The highest BCUT2D eigenvalue weighted by molar-refractivity contribution is 7.57. The molecule has 6 nitrogen and oxygen atoms in total. The van der Waals surface area contributed by atoms with Crippen LogP contribution in [0.15, 0.2) is 0 Å². The first-order valence-corrected chi connectivity index (χ1v) is 6.44. The summed E-state index contributed by atoms with van der Waals surface area (Å²) in [7, 11) is -0.987. The van der Waals surface area contributed by atoms with E-state index in [1.165, 1.54) is 20.8 Å². The molecule has 0 bridgehead atoms. The fourth-order valence-corrected chi connectivity index (χ4v) is 1.98. The van der Waals surface area contributed by atoms with E-state index < -0.39 is 25.8 Å². The molecule has 0 aromatic heterocycles. The Kier molecular flexibility index (Phi) is 7.46. The van der Waals surface area contributed by atoms with Crippen LogP contribution in [0.1, 0.15) is 20.8 Å². The van der Waals surface area contributed by atoms with E-state index in [4.69, 9.17) is 14.2 Å². The summed E-state index contributed by atoms with van der Waals surface area (Å²) < 4.78 is 14.3. The van der Waals surface area contributed by atoms with Crippen molar-refractivity contribution in [3.63, 3.8) is 0 Å². The van der Waals surface area contributed by atoms with Crippen LogP contribution in [0.2, 0.25) is 0 Å². The van der Waals surface area contributed by atoms with Crippen LogP contribution in [0.4, 0.5) is 0 Å². The van der Waals surface area contributed by atoms with Crippen molar-refractivity contribution in [2.24, 2.45) is 0 Å². The van der Waals surface area contributed by atoms with E-state index >= 15 is 0 Å². The van der Waals surface area contributed by atoms with Gasteiger partial charge in [-0.3, -0.25) is 14.4 Å². The number of esters is 3. The van der Waals surface area contributed by atoms with Gasteiger partial charge < -0.3 is 14.2 Å². The zero-order valence-corrected chi connectivity index (χ0v) is 10.4. The lowest BCUT2D eigenvalue weighted by Gasteiger charge is -2.16. The second-order valence-electron chi connectivity index (χ2n) is 2.97. The molecule has 0 unspecified atom stereocenters. The summed E-state index contributed by atoms with van der Waals surface area (Å²) in [5, 5.41) is 0. The van der Waals surface area contributed by atoms with Gasteiger partial charge in [0.1, 0.15) is 19.0 Å². The predicted molar refractivity (Wildman–Crippen MR) is 56.8 cm³/mol. The van der Waals surface area contributed by atoms with Crippen molar-refractivity contribution in [1.29, 1.82) is 0 Å². The van der Waals surface area contributed by atoms with Crippen LogP contribution in [0, 0.1) is 0 Å². The molecule has 0 amide bonds. The minimum Gasteiger partial charge on any atom is -0.461 e. The van der Waals surface area contributed by atoms with Gasteiger partial charge in [-0.2, -0.15) is 0 Å². The third-order valence-electron chi connectivity index (χ3n) is 1.35. The van der Waals surface area contributed by atoms with Gasteiger partial charge in [0.05, 0.1) is 0 Å². The lowest BCUT2D eigenvalue weighted by molar-refractivity contribution is -0.138. The van der Waals surface area contributed by atoms with Crippen LogP contribution in [-0.2, 0) is 28.6 Å². The van der Waals surface area contributed by atoms with Gasteiger partial charge >= 0.3 is 17.9 Å². The van der Waals surface area contributed by atoms with Crippen molar-refractivity contribution in [3.8, 4) is 0 Å². The number of hydrogen-bond donors (Lipinski definition) is 0. The monoisotopic (exact) mass is 250 g/mol. The van der Waals surface area contributed by atoms with E-state index in [1.54, 1.807) is 0 Å². The zero-order chi connectivity index (χ0) is 12.6. The van der Waals surface area contributed by atoms with Crippen LogP contribution >= 0.6 is 7.92 Å². The Bertz CT molecular complexity index is 222. The third kappa shape index (κ3) is 9.40. The molecule has 0 radical (unpaired) electrons. The van der Waals surface area contributed by atoms with E-state index in [2.05, 4.69) is 0 Å². The van der Waals surface area contributed by atoms with Crippen LogP contribution in [0.3, 0.4) is 0 Å². The second-order valence-corrected chi connectivity index (χ2v) is 5.08. The molecule has 16 heavy (non-hydrogen) atoms. The number of hydrogen-bond acceptors (Lipinski definition) is 6. The van der Waals surface area contributed by atoms with Gasteiger partial charge in [-0.1, -0.05) is 0 Å². The Morgan fingerprint density at radius 1 is 0.750 bits per heavy atom. The van der Waals surface area contributed by atoms with E-state index in [0.29, 0.717) is 0 Å². The Balaban J connectivity index is 3.98. The SMILES string of the molecule is CC(=O)OCP(COC(C)=O)COC(C)=O. The highest BCUT2D eigenvalue weighted by Crippen LogP contribution is 2.35. The van der Waals surface area contributed by atoms with Crippen molar-refractivity contribution in [3.05, 3.63) is 0 Å². The van der Waals surface area contributed by atoms with Gasteiger partial charge in [-0.15, -0.1) is 0 Å². The van der Waals surface area contributed by atoms with Gasteiger partial charge in [0.25, 0.3) is 0 Å². The Morgan fingerprint density at radius 2 is 1.00 bits per heavy atom. The Labute approximate surface area is 95.0 Å². The highest BCUT2D eigenvalue weighted by Gasteiger charge is 2.13. The maximum Gasteiger partial charge on any atom is 0.302 e. The summed E-state index contributed by atoms with van der Waals surface area (Å²) in [6, 6.07) is 0. The van der Waals surface area contributed by atoms with Crippen molar-refractivity contribution in [2.75, 3.05) is 19.0 Å². The summed E-state index contributed by atoms with van der Waals surface area (Å²) in [5.41, 5.74) is 0. The minimum atomic E-state index is -0.987. The molecule has 0 aliphatic carbocycles. The molecular formula is C9H15O6P. The van der Waals surface area contributed by atoms with E-state index in [9.17, 15) is 14.4 Å². The summed E-state index contributed by atoms with van der Waals surface area (Å²) in [6.45, 7) is 3.85. The first-order valence-electron chi connectivity index (χ1n) is 4.54. The molecule has 0 aromatic carbocycles. The van der Waals surface area contributed by atoms with Gasteiger partial charge in [0, 0.05) is 28.7 Å². The molecule has 0 heterocycles.